The summed E-state index contributed by atoms with van der Waals surface area (Å²) in [6, 6.07) is 0.613. The van der Waals surface area contributed by atoms with Gasteiger partial charge in [-0.25, -0.2) is 0 Å². The molecule has 2 rings (SSSR count). The second kappa shape index (κ2) is 6.12. The van der Waals surface area contributed by atoms with Gasteiger partial charge in [-0.3, -0.25) is 4.99 Å². The molecule has 1 N–H and O–H groups in total. The minimum atomic E-state index is 0.558. The zero-order chi connectivity index (χ0) is 12.1. The lowest BCUT2D eigenvalue weighted by molar-refractivity contribution is 0.232. The Hall–Kier alpha value is -0.180. The molecule has 3 heteroatoms. The third kappa shape index (κ3) is 3.40. The molecule has 1 heterocycles. The summed E-state index contributed by atoms with van der Waals surface area (Å²) in [6.45, 7) is 5.57. The first-order valence-corrected chi connectivity index (χ1v) is 8.20. The summed E-state index contributed by atoms with van der Waals surface area (Å²) in [5, 5.41) is 4.79. The van der Waals surface area contributed by atoms with E-state index in [2.05, 4.69) is 19.2 Å². The molecule has 2 aliphatic rings. The van der Waals surface area contributed by atoms with E-state index in [1.807, 2.05) is 11.8 Å². The van der Waals surface area contributed by atoms with Gasteiger partial charge in [0.05, 0.1) is 0 Å². The van der Waals surface area contributed by atoms with Crippen LogP contribution in [-0.2, 0) is 0 Å². The van der Waals surface area contributed by atoms with E-state index in [4.69, 9.17) is 4.99 Å². The van der Waals surface area contributed by atoms with Gasteiger partial charge >= 0.3 is 0 Å². The number of nitrogens with zero attached hydrogens (tertiary/aromatic N) is 1. The third-order valence-corrected chi connectivity index (χ3v) is 5.58. The Kier molecular flexibility index (Phi) is 4.78. The van der Waals surface area contributed by atoms with Crippen molar-refractivity contribution in [2.75, 3.05) is 12.3 Å². The molecular weight excluding hydrogens is 228 g/mol. The Morgan fingerprint density at radius 3 is 2.47 bits per heavy atom. The van der Waals surface area contributed by atoms with Gasteiger partial charge in [0.15, 0.2) is 5.17 Å². The van der Waals surface area contributed by atoms with E-state index in [0.717, 1.165) is 6.54 Å². The zero-order valence-electron chi connectivity index (χ0n) is 11.3. The zero-order valence-corrected chi connectivity index (χ0v) is 12.1. The van der Waals surface area contributed by atoms with E-state index in [1.54, 1.807) is 0 Å². The molecule has 17 heavy (non-hydrogen) atoms. The highest BCUT2D eigenvalue weighted by atomic mass is 32.2. The number of amidine groups is 1. The van der Waals surface area contributed by atoms with Crippen LogP contribution in [0.25, 0.3) is 0 Å². The first-order valence-electron chi connectivity index (χ1n) is 7.22. The molecule has 0 radical (unpaired) electrons. The Balaban J connectivity index is 1.87. The van der Waals surface area contributed by atoms with Crippen LogP contribution in [0.4, 0.5) is 0 Å². The normalized spacial score (nSPS) is 23.8. The minimum Gasteiger partial charge on any atom is -0.362 e. The summed E-state index contributed by atoms with van der Waals surface area (Å²) in [4.78, 5) is 4.81. The predicted octanol–water partition coefficient (Wildman–Crippen LogP) is 3.82. The van der Waals surface area contributed by atoms with E-state index < -0.39 is 0 Å². The van der Waals surface area contributed by atoms with Crippen molar-refractivity contribution in [3.8, 4) is 0 Å². The Morgan fingerprint density at radius 2 is 1.94 bits per heavy atom. The van der Waals surface area contributed by atoms with Crippen LogP contribution in [0.2, 0.25) is 0 Å². The van der Waals surface area contributed by atoms with Crippen LogP contribution >= 0.6 is 11.8 Å². The topological polar surface area (TPSA) is 24.4 Å². The van der Waals surface area contributed by atoms with Crippen molar-refractivity contribution in [2.45, 2.75) is 64.8 Å². The molecule has 0 saturated heterocycles. The standard InChI is InChI=1S/C14H26N2S/c1-3-12(4-2)16-13-15-10-14(11-17-13)8-6-5-7-9-14/h12H,3-11H2,1-2H3,(H,15,16). The number of hydrogen-bond acceptors (Lipinski definition) is 3. The van der Waals surface area contributed by atoms with Crippen LogP contribution in [0, 0.1) is 5.41 Å². The summed E-state index contributed by atoms with van der Waals surface area (Å²) in [5.74, 6) is 1.29. The van der Waals surface area contributed by atoms with E-state index >= 15 is 0 Å². The van der Waals surface area contributed by atoms with Crippen LogP contribution in [0.5, 0.6) is 0 Å². The van der Waals surface area contributed by atoms with Gasteiger partial charge in [0, 0.05) is 18.3 Å². The second-order valence-corrected chi connectivity index (χ2v) is 6.59. The van der Waals surface area contributed by atoms with Crippen molar-refractivity contribution < 1.29 is 0 Å². The third-order valence-electron chi connectivity index (χ3n) is 4.30. The largest absolute Gasteiger partial charge is 0.362 e. The van der Waals surface area contributed by atoms with Gasteiger partial charge in [-0.2, -0.15) is 0 Å². The Bertz CT molecular complexity index is 265. The predicted molar refractivity (Wildman–Crippen MR) is 77.8 cm³/mol. The van der Waals surface area contributed by atoms with Crippen molar-refractivity contribution in [3.05, 3.63) is 0 Å². The molecule has 1 aliphatic heterocycles. The molecule has 2 nitrogen and oxygen atoms in total. The van der Waals surface area contributed by atoms with Crippen LogP contribution in [0.15, 0.2) is 4.99 Å². The van der Waals surface area contributed by atoms with Gasteiger partial charge in [0.2, 0.25) is 0 Å². The van der Waals surface area contributed by atoms with E-state index in [9.17, 15) is 0 Å². The second-order valence-electron chi connectivity index (χ2n) is 5.63. The fourth-order valence-corrected chi connectivity index (χ4v) is 4.14. The smallest absolute Gasteiger partial charge is 0.156 e. The molecule has 1 spiro atoms. The Morgan fingerprint density at radius 1 is 1.24 bits per heavy atom. The van der Waals surface area contributed by atoms with Crippen LogP contribution < -0.4 is 5.32 Å². The van der Waals surface area contributed by atoms with Gasteiger partial charge in [0.1, 0.15) is 0 Å². The SMILES string of the molecule is CCC(CC)NC1=NCC2(CCCCC2)CS1. The Labute approximate surface area is 110 Å². The monoisotopic (exact) mass is 254 g/mol. The number of nitrogens with one attached hydrogen (secondary N) is 1. The van der Waals surface area contributed by atoms with Crippen molar-refractivity contribution in [1.82, 2.24) is 5.32 Å². The van der Waals surface area contributed by atoms with Crippen LogP contribution in [-0.4, -0.2) is 23.5 Å². The molecule has 0 bridgehead atoms. The number of hydrogen-bond donors (Lipinski definition) is 1. The first-order chi connectivity index (χ1) is 8.28. The van der Waals surface area contributed by atoms with Gasteiger partial charge in [0.25, 0.3) is 0 Å². The molecular formula is C14H26N2S. The number of aliphatic imine (C=N–C) groups is 1. The molecule has 0 aromatic rings. The molecule has 1 aliphatic carbocycles. The average molecular weight is 254 g/mol. The van der Waals surface area contributed by atoms with Crippen molar-refractivity contribution in [1.29, 1.82) is 0 Å². The van der Waals surface area contributed by atoms with Gasteiger partial charge in [-0.1, -0.05) is 44.9 Å². The van der Waals surface area contributed by atoms with E-state index in [1.165, 1.54) is 55.9 Å². The summed E-state index contributed by atoms with van der Waals surface area (Å²) < 4.78 is 0. The van der Waals surface area contributed by atoms with Crippen molar-refractivity contribution in [2.24, 2.45) is 10.4 Å². The average Bonchev–Trinajstić information content (AvgIpc) is 2.39. The number of rotatable bonds is 3. The number of thioether (sulfide) groups is 1. The van der Waals surface area contributed by atoms with Gasteiger partial charge in [-0.05, 0) is 31.1 Å². The molecule has 0 unspecified atom stereocenters. The summed E-state index contributed by atoms with van der Waals surface area (Å²) >= 11 is 1.97. The fraction of sp³-hybridized carbons (Fsp3) is 0.929. The maximum absolute atomic E-state index is 4.81. The molecule has 98 valence electrons. The maximum atomic E-state index is 4.81. The molecule has 1 saturated carbocycles. The summed E-state index contributed by atoms with van der Waals surface area (Å²) in [7, 11) is 0. The highest BCUT2D eigenvalue weighted by Crippen LogP contribution is 2.41. The minimum absolute atomic E-state index is 0.558. The maximum Gasteiger partial charge on any atom is 0.156 e. The van der Waals surface area contributed by atoms with Crippen LogP contribution in [0.3, 0.4) is 0 Å². The molecule has 0 aromatic heterocycles. The lowest BCUT2D eigenvalue weighted by Gasteiger charge is -2.38. The summed E-state index contributed by atoms with van der Waals surface area (Å²) in [5.41, 5.74) is 0.558. The van der Waals surface area contributed by atoms with Gasteiger partial charge in [-0.15, -0.1) is 0 Å². The van der Waals surface area contributed by atoms with Gasteiger partial charge < -0.3 is 5.32 Å². The lowest BCUT2D eigenvalue weighted by atomic mass is 9.75. The van der Waals surface area contributed by atoms with Crippen LogP contribution in [0.1, 0.15) is 58.8 Å². The fourth-order valence-electron chi connectivity index (χ4n) is 2.91. The molecule has 1 fully saturated rings. The van der Waals surface area contributed by atoms with Crippen molar-refractivity contribution >= 4 is 16.9 Å². The van der Waals surface area contributed by atoms with E-state index in [0.29, 0.717) is 11.5 Å². The first kappa shape index (κ1) is 13.3. The highest BCUT2D eigenvalue weighted by Gasteiger charge is 2.34. The van der Waals surface area contributed by atoms with Crippen molar-refractivity contribution in [3.63, 3.8) is 0 Å². The summed E-state index contributed by atoms with van der Waals surface area (Å²) in [6.07, 6.45) is 9.48. The molecule has 0 atom stereocenters. The van der Waals surface area contributed by atoms with E-state index in [-0.39, 0.29) is 0 Å². The quantitative estimate of drug-likeness (QED) is 0.828. The highest BCUT2D eigenvalue weighted by molar-refractivity contribution is 8.13. The molecule has 0 aromatic carbocycles. The lowest BCUT2D eigenvalue weighted by Crippen LogP contribution is -2.39. The molecule has 0 amide bonds.